The van der Waals surface area contributed by atoms with Crippen molar-refractivity contribution in [2.75, 3.05) is 18.0 Å². The molecule has 0 aliphatic rings. The summed E-state index contributed by atoms with van der Waals surface area (Å²) in [7, 11) is 0. The van der Waals surface area contributed by atoms with Crippen LogP contribution >= 0.6 is 12.4 Å². The highest BCUT2D eigenvalue weighted by Crippen LogP contribution is 2.14. The fraction of sp³-hybridized carbons (Fsp3) is 0.222. The van der Waals surface area contributed by atoms with Crippen molar-refractivity contribution in [1.29, 1.82) is 0 Å². The molecule has 2 aromatic carbocycles. The predicted octanol–water partition coefficient (Wildman–Crippen LogP) is 3.42. The molecule has 0 bridgehead atoms. The molecule has 0 unspecified atom stereocenters. The first-order valence-electron chi connectivity index (χ1n) is 7.61. The number of benzene rings is 2. The largest absolute Gasteiger partial charge is 0.508 e. The number of nitrogens with zero attached hydrogens (tertiary/aromatic N) is 2. The lowest BCUT2D eigenvalue weighted by Gasteiger charge is -2.20. The number of halogens is 1. The van der Waals surface area contributed by atoms with Crippen molar-refractivity contribution >= 4 is 30.2 Å². The standard InChI is InChI=1S/C18H21N3O2.ClH/c1-3-21(4-2)16-9-5-14(6-10-16)13-19-20-18(23)15-7-11-17(22)12-8-15;/h5-13,22H,3-4H2,1-2H3,(H,20,23);1H. The Morgan fingerprint density at radius 2 is 1.67 bits per heavy atom. The van der Waals surface area contributed by atoms with E-state index < -0.39 is 0 Å². The van der Waals surface area contributed by atoms with Gasteiger partial charge in [0.1, 0.15) is 5.75 Å². The van der Waals surface area contributed by atoms with Gasteiger partial charge < -0.3 is 10.0 Å². The van der Waals surface area contributed by atoms with Crippen molar-refractivity contribution in [2.45, 2.75) is 13.8 Å². The highest BCUT2D eigenvalue weighted by molar-refractivity contribution is 5.95. The Hall–Kier alpha value is -2.53. The van der Waals surface area contributed by atoms with Crippen molar-refractivity contribution < 1.29 is 9.90 Å². The van der Waals surface area contributed by atoms with E-state index in [4.69, 9.17) is 0 Å². The van der Waals surface area contributed by atoms with Gasteiger partial charge in [-0.2, -0.15) is 5.10 Å². The number of rotatable bonds is 6. The number of carbonyl (C=O) groups excluding carboxylic acids is 1. The number of hydrogen-bond acceptors (Lipinski definition) is 4. The molecule has 0 fully saturated rings. The summed E-state index contributed by atoms with van der Waals surface area (Å²) in [5.74, 6) is -0.195. The maximum Gasteiger partial charge on any atom is 0.271 e. The number of phenols is 1. The van der Waals surface area contributed by atoms with E-state index in [1.165, 1.54) is 17.8 Å². The Labute approximate surface area is 148 Å². The summed E-state index contributed by atoms with van der Waals surface area (Å²) >= 11 is 0. The summed E-state index contributed by atoms with van der Waals surface area (Å²) in [6.45, 7) is 6.18. The number of phenolic OH excluding ortho intramolecular Hbond substituents is 1. The molecule has 2 aromatic rings. The van der Waals surface area contributed by atoms with E-state index in [2.05, 4.69) is 29.3 Å². The zero-order chi connectivity index (χ0) is 16.7. The van der Waals surface area contributed by atoms with Crippen LogP contribution in [0.3, 0.4) is 0 Å². The summed E-state index contributed by atoms with van der Waals surface area (Å²) < 4.78 is 0. The molecule has 0 radical (unpaired) electrons. The van der Waals surface area contributed by atoms with Crippen LogP contribution in [0.25, 0.3) is 0 Å². The van der Waals surface area contributed by atoms with Crippen molar-refractivity contribution in [3.05, 3.63) is 59.7 Å². The van der Waals surface area contributed by atoms with E-state index in [0.717, 1.165) is 18.7 Å². The molecule has 128 valence electrons. The Morgan fingerprint density at radius 1 is 1.08 bits per heavy atom. The minimum Gasteiger partial charge on any atom is -0.508 e. The lowest BCUT2D eigenvalue weighted by atomic mass is 10.2. The van der Waals surface area contributed by atoms with Gasteiger partial charge in [-0.15, -0.1) is 12.4 Å². The summed E-state index contributed by atoms with van der Waals surface area (Å²) in [4.78, 5) is 14.1. The lowest BCUT2D eigenvalue weighted by Crippen LogP contribution is -2.21. The topological polar surface area (TPSA) is 64.9 Å². The first kappa shape index (κ1) is 19.5. The molecule has 0 saturated heterocycles. The van der Waals surface area contributed by atoms with E-state index >= 15 is 0 Å². The molecule has 24 heavy (non-hydrogen) atoms. The molecule has 0 saturated carbocycles. The lowest BCUT2D eigenvalue weighted by molar-refractivity contribution is 0.0955. The van der Waals surface area contributed by atoms with Crippen LogP contribution in [0, 0.1) is 0 Å². The second-order valence-electron chi connectivity index (χ2n) is 5.01. The van der Waals surface area contributed by atoms with Crippen molar-refractivity contribution in [1.82, 2.24) is 5.43 Å². The van der Waals surface area contributed by atoms with Crippen LogP contribution in [-0.4, -0.2) is 30.3 Å². The first-order chi connectivity index (χ1) is 11.1. The Bertz CT molecular complexity index is 666. The maximum absolute atomic E-state index is 11.9. The number of hydrazone groups is 1. The van der Waals surface area contributed by atoms with Crippen LogP contribution < -0.4 is 10.3 Å². The third-order valence-corrected chi connectivity index (χ3v) is 3.53. The molecule has 2 N–H and O–H groups in total. The average Bonchev–Trinajstić information content (AvgIpc) is 2.58. The molecule has 1 amide bonds. The van der Waals surface area contributed by atoms with E-state index in [0.29, 0.717) is 5.56 Å². The van der Waals surface area contributed by atoms with Crippen LogP contribution in [0.1, 0.15) is 29.8 Å². The van der Waals surface area contributed by atoms with Gasteiger partial charge in [0.2, 0.25) is 0 Å². The van der Waals surface area contributed by atoms with Gasteiger partial charge in [0, 0.05) is 24.3 Å². The Kier molecular flexibility index (Phi) is 7.79. The van der Waals surface area contributed by atoms with Crippen LogP contribution in [0.2, 0.25) is 0 Å². The Balaban J connectivity index is 0.00000288. The fourth-order valence-corrected chi connectivity index (χ4v) is 2.20. The number of hydrogen-bond donors (Lipinski definition) is 2. The van der Waals surface area contributed by atoms with Crippen molar-refractivity contribution in [2.24, 2.45) is 5.10 Å². The summed E-state index contributed by atoms with van der Waals surface area (Å²) in [6.07, 6.45) is 1.60. The predicted molar refractivity (Wildman–Crippen MR) is 100 cm³/mol. The van der Waals surface area contributed by atoms with Gasteiger partial charge in [-0.05, 0) is 55.8 Å². The number of aromatic hydroxyl groups is 1. The zero-order valence-electron chi connectivity index (χ0n) is 13.8. The minimum absolute atomic E-state index is 0. The van der Waals surface area contributed by atoms with Gasteiger partial charge in [-0.1, -0.05) is 12.1 Å². The smallest absolute Gasteiger partial charge is 0.271 e. The van der Waals surface area contributed by atoms with Gasteiger partial charge in [0.05, 0.1) is 6.21 Å². The molecule has 0 spiro atoms. The summed E-state index contributed by atoms with van der Waals surface area (Å²) in [5.41, 5.74) is 4.98. The molecular weight excluding hydrogens is 326 g/mol. The second-order valence-corrected chi connectivity index (χ2v) is 5.01. The van der Waals surface area contributed by atoms with Crippen LogP contribution in [0.15, 0.2) is 53.6 Å². The molecule has 0 aliphatic carbocycles. The molecule has 0 aliphatic heterocycles. The summed E-state index contributed by atoms with van der Waals surface area (Å²) in [6, 6.07) is 14.0. The molecule has 0 atom stereocenters. The van der Waals surface area contributed by atoms with Crippen LogP contribution in [0.5, 0.6) is 5.75 Å². The van der Waals surface area contributed by atoms with Crippen LogP contribution in [0.4, 0.5) is 5.69 Å². The highest BCUT2D eigenvalue weighted by atomic mass is 35.5. The van der Waals surface area contributed by atoms with Gasteiger partial charge in [-0.3, -0.25) is 4.79 Å². The fourth-order valence-electron chi connectivity index (χ4n) is 2.20. The molecule has 0 aromatic heterocycles. The van der Waals surface area contributed by atoms with E-state index in [1.54, 1.807) is 18.3 Å². The molecule has 6 heteroatoms. The zero-order valence-corrected chi connectivity index (χ0v) is 14.6. The molecule has 2 rings (SSSR count). The van der Waals surface area contributed by atoms with E-state index in [9.17, 15) is 9.90 Å². The van der Waals surface area contributed by atoms with Gasteiger partial charge in [-0.25, -0.2) is 5.43 Å². The third-order valence-electron chi connectivity index (χ3n) is 3.53. The highest BCUT2D eigenvalue weighted by Gasteiger charge is 2.03. The quantitative estimate of drug-likeness (QED) is 0.621. The number of amides is 1. The molecule has 5 nitrogen and oxygen atoms in total. The first-order valence-corrected chi connectivity index (χ1v) is 7.61. The third kappa shape index (κ3) is 5.28. The normalized spacial score (nSPS) is 10.2. The average molecular weight is 348 g/mol. The van der Waals surface area contributed by atoms with E-state index in [1.807, 2.05) is 24.3 Å². The number of anilines is 1. The van der Waals surface area contributed by atoms with Gasteiger partial charge in [0.15, 0.2) is 0 Å². The SMILES string of the molecule is CCN(CC)c1ccc(C=NNC(=O)c2ccc(O)cc2)cc1.Cl. The second kappa shape index (κ2) is 9.57. The minimum atomic E-state index is -0.319. The maximum atomic E-state index is 11.9. The van der Waals surface area contributed by atoms with Crippen LogP contribution in [-0.2, 0) is 0 Å². The number of nitrogens with one attached hydrogen (secondary N) is 1. The molecule has 0 heterocycles. The van der Waals surface area contributed by atoms with Crippen molar-refractivity contribution in [3.63, 3.8) is 0 Å². The van der Waals surface area contributed by atoms with Gasteiger partial charge in [0.25, 0.3) is 5.91 Å². The summed E-state index contributed by atoms with van der Waals surface area (Å²) in [5, 5.41) is 13.2. The van der Waals surface area contributed by atoms with Crippen molar-refractivity contribution in [3.8, 4) is 5.75 Å². The Morgan fingerprint density at radius 3 is 2.21 bits per heavy atom. The van der Waals surface area contributed by atoms with Gasteiger partial charge >= 0.3 is 0 Å². The van der Waals surface area contributed by atoms with E-state index in [-0.39, 0.29) is 24.1 Å². The monoisotopic (exact) mass is 347 g/mol. The number of carbonyl (C=O) groups is 1. The molecular formula is C18H22ClN3O2.